The molecule has 434 valence electrons. The Hall–Kier alpha value is -8.04. The van der Waals surface area contributed by atoms with E-state index in [1.807, 2.05) is 38.1 Å². The standard InChI is InChI=1S/C50H56N14O14S4/c1-5-61(17-27-7-11-59(12-8-27)19-29-23-79-45-37(43(69)63(45)39(29)47(71)72)55-41(67)35(57-75-3)31-25-81-49(51)53-31)33(65)21-77-15-16-78-22-34(66)62(6-2)18-28-9-13-60(14-10-28)20-30-24-80-46-38(44(70)64(46)40(30)48(73)74)56-42(68)36(58-76-4)32-26-82-50(52)54-32/h7-14,25-26,37-38,45-46H,5-6,15-24H2,1-4H3,(H6-2,51,52,53,54,55,56,67,68,71,72,73,74)/p+2/b57-35-,58-36-. The first-order valence-corrected chi connectivity index (χ1v) is 29.0. The highest BCUT2D eigenvalue weighted by atomic mass is 32.2. The number of hydrogen-bond acceptors (Lipinski definition) is 22. The first-order chi connectivity index (χ1) is 39.4. The zero-order chi connectivity index (χ0) is 58.8. The Morgan fingerprint density at radius 1 is 0.671 bits per heavy atom. The molecule has 0 saturated carbocycles. The maximum absolute atomic E-state index is 13.3. The van der Waals surface area contributed by atoms with Crippen LogP contribution in [0.15, 0.2) is 92.7 Å². The monoisotopic (exact) mass is 1210 g/mol. The molecule has 4 atom stereocenters. The molecule has 0 radical (unpaired) electrons. The number of rotatable bonds is 27. The summed E-state index contributed by atoms with van der Waals surface area (Å²) in [5.74, 6) is -5.16. The number of carbonyl (C=O) groups is 8. The summed E-state index contributed by atoms with van der Waals surface area (Å²) >= 11 is 4.83. The highest BCUT2D eigenvalue weighted by Gasteiger charge is 2.56. The minimum Gasteiger partial charge on any atom is -0.477 e. The Morgan fingerprint density at radius 3 is 1.37 bits per heavy atom. The molecule has 8 N–H and O–H groups in total. The van der Waals surface area contributed by atoms with E-state index in [0.29, 0.717) is 24.2 Å². The van der Waals surface area contributed by atoms with Crippen LogP contribution in [-0.2, 0) is 83.7 Å². The van der Waals surface area contributed by atoms with Crippen LogP contribution < -0.4 is 31.2 Å². The number of carboxylic acids is 2. The van der Waals surface area contributed by atoms with Gasteiger partial charge in [0.15, 0.2) is 59.6 Å². The van der Waals surface area contributed by atoms with Gasteiger partial charge >= 0.3 is 11.9 Å². The van der Waals surface area contributed by atoms with Gasteiger partial charge < -0.3 is 61.3 Å². The number of aliphatic carboxylic acids is 2. The number of oxime groups is 2. The van der Waals surface area contributed by atoms with E-state index in [9.17, 15) is 48.6 Å². The van der Waals surface area contributed by atoms with E-state index in [2.05, 4.69) is 30.9 Å². The Kier molecular flexibility index (Phi) is 19.9. The minimum atomic E-state index is -1.28. The summed E-state index contributed by atoms with van der Waals surface area (Å²) < 4.78 is 14.8. The van der Waals surface area contributed by atoms with Crippen molar-refractivity contribution in [1.29, 1.82) is 0 Å². The molecule has 32 heteroatoms. The number of nitrogens with zero attached hydrogens (tertiary/aromatic N) is 10. The molecule has 8 rings (SSSR count). The van der Waals surface area contributed by atoms with E-state index < -0.39 is 58.4 Å². The minimum absolute atomic E-state index is 0.0585. The second-order valence-corrected chi connectivity index (χ2v) is 22.3. The molecule has 4 unspecified atom stereocenters. The van der Waals surface area contributed by atoms with Crippen LogP contribution in [0.2, 0.25) is 0 Å². The van der Waals surface area contributed by atoms with Crippen LogP contribution in [0.1, 0.15) is 36.4 Å². The topological polar surface area (TPSA) is 361 Å². The molecule has 0 aliphatic carbocycles. The number of nitrogen functional groups attached to an aromatic ring is 2. The molecule has 28 nitrogen and oxygen atoms in total. The normalized spacial score (nSPS) is 18.7. The number of pyridine rings is 2. The molecule has 2 fully saturated rings. The van der Waals surface area contributed by atoms with Gasteiger partial charge in [0, 0.05) is 83.9 Å². The zero-order valence-electron chi connectivity index (χ0n) is 44.6. The van der Waals surface area contributed by atoms with Crippen molar-refractivity contribution >= 4 is 115 Å². The van der Waals surface area contributed by atoms with Gasteiger partial charge in [0.2, 0.25) is 11.8 Å². The SMILES string of the molecule is CCN(Cc1cc[n+](CC2=C(C(=O)O)N3C(=O)C(NC(=O)/C(=N\OC)c4csc(N)n4)C3SC2)cc1)C(=O)COCCOCC(=O)N(CC)Cc1cc[n+](CC2=C(C(=O)O)N3C(=O)C(NC(=O)/C(=N\OC)c4csc(N)n4)C3SC2)cc1. The number of thiazole rings is 2. The molecular formula is C50H58N14O14S4+2. The number of anilines is 2. The third-order valence-electron chi connectivity index (χ3n) is 13.1. The number of thioether (sulfide) groups is 2. The number of β-lactam (4-membered cyclic amide) rings is 2. The third kappa shape index (κ3) is 13.6. The van der Waals surface area contributed by atoms with Crippen molar-refractivity contribution in [2.24, 2.45) is 10.3 Å². The summed E-state index contributed by atoms with van der Waals surface area (Å²) in [5.41, 5.74) is 13.7. The predicted molar refractivity (Wildman–Crippen MR) is 297 cm³/mol. The van der Waals surface area contributed by atoms with Crippen molar-refractivity contribution in [1.82, 2.24) is 40.2 Å². The van der Waals surface area contributed by atoms with Crippen LogP contribution >= 0.6 is 46.2 Å². The highest BCUT2D eigenvalue weighted by Crippen LogP contribution is 2.42. The lowest BCUT2D eigenvalue weighted by Gasteiger charge is -2.49. The first kappa shape index (κ1) is 60.1. The largest absolute Gasteiger partial charge is 0.477 e. The van der Waals surface area contributed by atoms with Gasteiger partial charge in [-0.3, -0.25) is 38.6 Å². The van der Waals surface area contributed by atoms with Crippen molar-refractivity contribution in [2.45, 2.75) is 62.9 Å². The highest BCUT2D eigenvalue weighted by molar-refractivity contribution is 8.00. The first-order valence-electron chi connectivity index (χ1n) is 25.2. The van der Waals surface area contributed by atoms with E-state index >= 15 is 0 Å². The molecule has 6 amide bonds. The smallest absolute Gasteiger partial charge is 0.352 e. The maximum Gasteiger partial charge on any atom is 0.352 e. The fourth-order valence-corrected chi connectivity index (χ4v) is 12.8. The van der Waals surface area contributed by atoms with Gasteiger partial charge in [0.1, 0.15) is 73.0 Å². The number of carboxylic acid groups (broad SMARTS) is 2. The van der Waals surface area contributed by atoms with E-state index in [1.165, 1.54) is 58.3 Å². The lowest BCUT2D eigenvalue weighted by atomic mass is 10.0. The van der Waals surface area contributed by atoms with Gasteiger partial charge in [-0.25, -0.2) is 28.7 Å². The van der Waals surface area contributed by atoms with Crippen molar-refractivity contribution in [2.75, 3.05) is 76.7 Å². The van der Waals surface area contributed by atoms with Gasteiger partial charge in [-0.2, -0.15) is 0 Å². The van der Waals surface area contributed by atoms with Crippen LogP contribution in [-0.4, -0.2) is 187 Å². The van der Waals surface area contributed by atoms with Gasteiger partial charge in [-0.15, -0.1) is 46.2 Å². The number of carbonyl (C=O) groups excluding carboxylic acids is 6. The quantitative estimate of drug-likeness (QED) is 0.0142. The van der Waals surface area contributed by atoms with Crippen molar-refractivity contribution in [3.63, 3.8) is 0 Å². The fourth-order valence-electron chi connectivity index (χ4n) is 9.06. The van der Waals surface area contributed by atoms with Gasteiger partial charge in [0.25, 0.3) is 23.6 Å². The van der Waals surface area contributed by atoms with Crippen LogP contribution in [0.25, 0.3) is 0 Å². The predicted octanol–water partition coefficient (Wildman–Crippen LogP) is -0.652. The molecule has 4 aliphatic heterocycles. The number of fused-ring (bicyclic) bond motifs is 2. The van der Waals surface area contributed by atoms with E-state index in [0.717, 1.165) is 33.8 Å². The van der Waals surface area contributed by atoms with Crippen LogP contribution in [0, 0.1) is 0 Å². The average Bonchev–Trinajstić information content (AvgIpc) is 1.75. The summed E-state index contributed by atoms with van der Waals surface area (Å²) in [6.07, 6.45) is 7.03. The molecule has 0 spiro atoms. The average molecular weight is 1210 g/mol. The Balaban J connectivity index is 0.745. The number of nitrogens with one attached hydrogen (secondary N) is 2. The summed E-state index contributed by atoms with van der Waals surface area (Å²) in [5, 5.41) is 35.4. The maximum atomic E-state index is 13.3. The molecule has 4 aliphatic rings. The molecule has 0 bridgehead atoms. The molecule has 4 aromatic heterocycles. The summed E-state index contributed by atoms with van der Waals surface area (Å²) in [6.45, 7) is 5.02. The second-order valence-electron chi connectivity index (χ2n) is 18.3. The number of likely N-dealkylation sites (N-methyl/N-ethyl adjacent to an activating group) is 2. The number of ether oxygens (including phenoxy) is 2. The van der Waals surface area contributed by atoms with Gasteiger partial charge in [-0.05, 0) is 25.0 Å². The molecule has 4 aromatic rings. The van der Waals surface area contributed by atoms with Crippen molar-refractivity contribution in [3.05, 3.63) is 105 Å². The van der Waals surface area contributed by atoms with Crippen LogP contribution in [0.4, 0.5) is 10.3 Å². The molecule has 2 saturated heterocycles. The molecule has 0 aromatic carbocycles. The van der Waals surface area contributed by atoms with Crippen LogP contribution in [0.5, 0.6) is 0 Å². The van der Waals surface area contributed by atoms with Gasteiger partial charge in [0.05, 0.1) is 13.2 Å². The lowest BCUT2D eigenvalue weighted by molar-refractivity contribution is -0.689. The summed E-state index contributed by atoms with van der Waals surface area (Å²) in [7, 11) is 2.52. The number of hydrogen-bond donors (Lipinski definition) is 6. The van der Waals surface area contributed by atoms with Crippen LogP contribution in [0.3, 0.4) is 0 Å². The zero-order valence-corrected chi connectivity index (χ0v) is 47.9. The van der Waals surface area contributed by atoms with Gasteiger partial charge in [-0.1, -0.05) is 10.3 Å². The second kappa shape index (κ2) is 27.2. The van der Waals surface area contributed by atoms with E-state index in [4.69, 9.17) is 30.6 Å². The number of nitrogens with two attached hydrogens (primary N) is 2. The Morgan fingerprint density at radius 2 is 1.05 bits per heavy atom. The molecule has 82 heavy (non-hydrogen) atoms. The van der Waals surface area contributed by atoms with E-state index in [-0.39, 0.29) is 120 Å². The molecule has 8 heterocycles. The van der Waals surface area contributed by atoms with Crippen molar-refractivity contribution in [3.8, 4) is 0 Å². The third-order valence-corrected chi connectivity index (χ3v) is 17.1. The number of amides is 6. The van der Waals surface area contributed by atoms with Crippen molar-refractivity contribution < 1.29 is 76.9 Å². The van der Waals surface area contributed by atoms with E-state index in [1.54, 1.807) is 43.7 Å². The fraction of sp³-hybridized carbons (Fsp3) is 0.400. The number of aromatic nitrogens is 4. The molecular weight excluding hydrogens is 1150 g/mol. The summed E-state index contributed by atoms with van der Waals surface area (Å²) in [6, 6.07) is 5.23. The Bertz CT molecular complexity index is 3030. The summed E-state index contributed by atoms with van der Waals surface area (Å²) in [4.78, 5) is 128. The Labute approximate surface area is 484 Å². The lowest BCUT2D eigenvalue weighted by Crippen LogP contribution is -2.71.